The monoisotopic (exact) mass is 411 g/mol. The number of benzene rings is 2. The van der Waals surface area contributed by atoms with Crippen LogP contribution in [0.5, 0.6) is 0 Å². The van der Waals surface area contributed by atoms with Gasteiger partial charge in [0, 0.05) is 10.6 Å². The lowest BCUT2D eigenvalue weighted by Gasteiger charge is -2.05. The third kappa shape index (κ3) is 5.05. The van der Waals surface area contributed by atoms with Crippen molar-refractivity contribution in [3.63, 3.8) is 0 Å². The van der Waals surface area contributed by atoms with Gasteiger partial charge in [0.05, 0.1) is 29.1 Å². The van der Waals surface area contributed by atoms with Crippen molar-refractivity contribution in [1.29, 1.82) is 0 Å². The van der Waals surface area contributed by atoms with Crippen LogP contribution in [0.3, 0.4) is 0 Å². The number of nitrogens with one attached hydrogen (secondary N) is 1. The van der Waals surface area contributed by atoms with Gasteiger partial charge in [-0.05, 0) is 54.2 Å². The van der Waals surface area contributed by atoms with Gasteiger partial charge < -0.3 is 10.1 Å². The van der Waals surface area contributed by atoms with Crippen LogP contribution in [0, 0.1) is 17.0 Å². The van der Waals surface area contributed by atoms with Crippen molar-refractivity contribution in [3.05, 3.63) is 92.1 Å². The largest absolute Gasteiger partial charge is 0.390 e. The Labute approximate surface area is 172 Å². The molecule has 1 N–H and O–H groups in total. The smallest absolute Gasteiger partial charge is 0.358 e. The maximum atomic E-state index is 12.3. The third-order valence-electron chi connectivity index (χ3n) is 4.29. The summed E-state index contributed by atoms with van der Waals surface area (Å²) >= 11 is 5.87. The van der Waals surface area contributed by atoms with E-state index in [4.69, 9.17) is 11.6 Å². The van der Waals surface area contributed by atoms with E-state index in [1.165, 1.54) is 6.07 Å². The van der Waals surface area contributed by atoms with Crippen molar-refractivity contribution in [2.45, 2.75) is 20.4 Å². The molecule has 0 aliphatic rings. The molecule has 0 fully saturated rings. The van der Waals surface area contributed by atoms with Gasteiger partial charge in [-0.1, -0.05) is 35.9 Å². The van der Waals surface area contributed by atoms with E-state index in [2.05, 4.69) is 15.6 Å². The van der Waals surface area contributed by atoms with E-state index < -0.39 is 4.92 Å². The minimum absolute atomic E-state index is 0.188. The zero-order valence-corrected chi connectivity index (χ0v) is 16.6. The molecule has 148 valence electrons. The standard InChI is InChI=1S/C20H18ClN5O3/c1-13-11-19(26(28)29)24-25(13)12-15-3-5-17(6-4-15)20(27)23-22-14(2)16-7-9-18(21)10-8-16/h3-11H,12H2,1-2H3,(H,23,27)/b22-14-. The van der Waals surface area contributed by atoms with E-state index in [9.17, 15) is 14.9 Å². The molecule has 0 saturated carbocycles. The zero-order chi connectivity index (χ0) is 21.0. The molecule has 0 aliphatic heterocycles. The lowest BCUT2D eigenvalue weighted by molar-refractivity contribution is -0.389. The Hall–Kier alpha value is -3.52. The van der Waals surface area contributed by atoms with Crippen LogP contribution in [0.1, 0.15) is 34.1 Å². The Morgan fingerprint density at radius 3 is 2.38 bits per heavy atom. The fourth-order valence-corrected chi connectivity index (χ4v) is 2.76. The number of carbonyl (C=O) groups is 1. The first-order chi connectivity index (χ1) is 13.8. The minimum atomic E-state index is -0.524. The lowest BCUT2D eigenvalue weighted by Crippen LogP contribution is -2.19. The second-order valence-electron chi connectivity index (χ2n) is 6.40. The van der Waals surface area contributed by atoms with Crippen LogP contribution in [0.25, 0.3) is 0 Å². The fraction of sp³-hybridized carbons (Fsp3) is 0.150. The summed E-state index contributed by atoms with van der Waals surface area (Å²) in [5.41, 5.74) is 6.04. The van der Waals surface area contributed by atoms with Gasteiger partial charge in [0.2, 0.25) is 0 Å². The number of hydrogen-bond donors (Lipinski definition) is 1. The maximum Gasteiger partial charge on any atom is 0.390 e. The van der Waals surface area contributed by atoms with Gasteiger partial charge >= 0.3 is 5.82 Å². The molecule has 0 atom stereocenters. The number of amides is 1. The average molecular weight is 412 g/mol. The summed E-state index contributed by atoms with van der Waals surface area (Å²) in [5, 5.41) is 19.5. The molecule has 2 aromatic carbocycles. The van der Waals surface area contributed by atoms with Crippen molar-refractivity contribution in [2.24, 2.45) is 5.10 Å². The highest BCUT2D eigenvalue weighted by Gasteiger charge is 2.15. The Morgan fingerprint density at radius 2 is 1.79 bits per heavy atom. The number of aryl methyl sites for hydroxylation is 1. The number of rotatable bonds is 6. The van der Waals surface area contributed by atoms with Crippen molar-refractivity contribution in [2.75, 3.05) is 0 Å². The number of hydrazone groups is 1. The van der Waals surface area contributed by atoms with Crippen molar-refractivity contribution in [1.82, 2.24) is 15.2 Å². The van der Waals surface area contributed by atoms with Gasteiger partial charge in [-0.15, -0.1) is 0 Å². The number of hydrogen-bond acceptors (Lipinski definition) is 5. The minimum Gasteiger partial charge on any atom is -0.358 e. The molecule has 0 unspecified atom stereocenters. The van der Waals surface area contributed by atoms with Gasteiger partial charge in [0.15, 0.2) is 0 Å². The molecule has 1 amide bonds. The molecule has 0 bridgehead atoms. The van der Waals surface area contributed by atoms with E-state index in [0.29, 0.717) is 28.5 Å². The van der Waals surface area contributed by atoms with Crippen LogP contribution in [0.15, 0.2) is 59.7 Å². The number of carbonyl (C=O) groups excluding carboxylic acids is 1. The van der Waals surface area contributed by atoms with Crippen molar-refractivity contribution < 1.29 is 9.72 Å². The number of nitrogens with zero attached hydrogens (tertiary/aromatic N) is 4. The van der Waals surface area contributed by atoms with E-state index in [1.807, 2.05) is 12.1 Å². The van der Waals surface area contributed by atoms with Gasteiger partial charge in [-0.2, -0.15) is 9.78 Å². The van der Waals surface area contributed by atoms with Crippen LogP contribution >= 0.6 is 11.6 Å². The third-order valence-corrected chi connectivity index (χ3v) is 4.54. The second-order valence-corrected chi connectivity index (χ2v) is 6.84. The number of halogens is 1. The predicted molar refractivity (Wildman–Crippen MR) is 110 cm³/mol. The summed E-state index contributed by atoms with van der Waals surface area (Å²) in [7, 11) is 0. The van der Waals surface area contributed by atoms with Crippen LogP contribution in [0.2, 0.25) is 5.02 Å². The summed E-state index contributed by atoms with van der Waals surface area (Å²) in [6.45, 7) is 3.91. The molecule has 1 aromatic heterocycles. The lowest BCUT2D eigenvalue weighted by atomic mass is 10.1. The Morgan fingerprint density at radius 1 is 1.17 bits per heavy atom. The quantitative estimate of drug-likeness (QED) is 0.376. The zero-order valence-electron chi connectivity index (χ0n) is 15.8. The fourth-order valence-electron chi connectivity index (χ4n) is 2.63. The highest BCUT2D eigenvalue weighted by molar-refractivity contribution is 6.30. The van der Waals surface area contributed by atoms with E-state index in [1.54, 1.807) is 54.9 Å². The van der Waals surface area contributed by atoms with Gasteiger partial charge in [-0.25, -0.2) is 5.43 Å². The van der Waals surface area contributed by atoms with Crippen LogP contribution in [-0.4, -0.2) is 26.3 Å². The van der Waals surface area contributed by atoms with Crippen LogP contribution in [0.4, 0.5) is 5.82 Å². The molecule has 0 radical (unpaired) electrons. The summed E-state index contributed by atoms with van der Waals surface area (Å²) < 4.78 is 1.55. The first kappa shape index (κ1) is 20.2. The molecule has 8 nitrogen and oxygen atoms in total. The average Bonchev–Trinajstić information content (AvgIpc) is 3.07. The number of aromatic nitrogens is 2. The number of nitro groups is 1. The molecular formula is C20H18ClN5O3. The predicted octanol–water partition coefficient (Wildman–Crippen LogP) is 3.96. The first-order valence-electron chi connectivity index (χ1n) is 8.72. The molecule has 9 heteroatoms. The van der Waals surface area contributed by atoms with Gasteiger partial charge in [-0.3, -0.25) is 4.79 Å². The van der Waals surface area contributed by atoms with E-state index in [0.717, 1.165) is 11.1 Å². The molecule has 0 saturated heterocycles. The summed E-state index contributed by atoms with van der Waals surface area (Å²) in [6.07, 6.45) is 0. The Balaban J connectivity index is 1.65. The SMILES string of the molecule is C/C(=N/NC(=O)c1ccc(Cn2nc([N+](=O)[O-])cc2C)cc1)c1ccc(Cl)cc1. The summed E-state index contributed by atoms with van der Waals surface area (Å²) in [4.78, 5) is 22.6. The molecule has 0 aliphatic carbocycles. The van der Waals surface area contributed by atoms with Crippen LogP contribution < -0.4 is 5.43 Å². The normalized spacial score (nSPS) is 11.3. The Bertz CT molecular complexity index is 1070. The summed E-state index contributed by atoms with van der Waals surface area (Å²) in [6, 6.07) is 15.5. The second kappa shape index (κ2) is 8.66. The van der Waals surface area contributed by atoms with E-state index in [-0.39, 0.29) is 11.7 Å². The van der Waals surface area contributed by atoms with Crippen molar-refractivity contribution in [3.8, 4) is 0 Å². The highest BCUT2D eigenvalue weighted by atomic mass is 35.5. The van der Waals surface area contributed by atoms with Gasteiger partial charge in [0.25, 0.3) is 5.91 Å². The summed E-state index contributed by atoms with van der Waals surface area (Å²) in [5.74, 6) is -0.525. The van der Waals surface area contributed by atoms with E-state index >= 15 is 0 Å². The van der Waals surface area contributed by atoms with Gasteiger partial charge in [0.1, 0.15) is 0 Å². The molecule has 3 rings (SSSR count). The maximum absolute atomic E-state index is 12.3. The Kier molecular flexibility index (Phi) is 6.04. The van der Waals surface area contributed by atoms with Crippen LogP contribution in [-0.2, 0) is 6.54 Å². The molecule has 1 heterocycles. The first-order valence-corrected chi connectivity index (χ1v) is 9.09. The molecule has 0 spiro atoms. The highest BCUT2D eigenvalue weighted by Crippen LogP contribution is 2.14. The molecular weight excluding hydrogens is 394 g/mol. The molecule has 29 heavy (non-hydrogen) atoms. The van der Waals surface area contributed by atoms with Crippen molar-refractivity contribution >= 4 is 29.0 Å². The molecule has 3 aromatic rings. The topological polar surface area (TPSA) is 102 Å².